The number of carbonyl (C=O) groups is 1. The van der Waals surface area contributed by atoms with Gasteiger partial charge in [0.05, 0.1) is 11.2 Å². The molecular weight excluding hydrogens is 338 g/mol. The molecule has 1 unspecified atom stereocenters. The van der Waals surface area contributed by atoms with E-state index in [1.807, 2.05) is 36.2 Å². The van der Waals surface area contributed by atoms with E-state index in [1.54, 1.807) is 6.20 Å². The van der Waals surface area contributed by atoms with E-state index in [0.717, 1.165) is 31.6 Å². The fraction of sp³-hybridized carbons (Fsp3) is 0.474. The molecule has 0 saturated carbocycles. The summed E-state index contributed by atoms with van der Waals surface area (Å²) in [5.74, 6) is 1.95. The number of benzene rings is 1. The minimum atomic E-state index is 0.179. The first-order valence-corrected chi connectivity index (χ1v) is 9.17. The third-order valence-corrected chi connectivity index (χ3v) is 4.94. The number of aryl methyl sites for hydroxylation is 1. The molecule has 5 nitrogen and oxygen atoms in total. The van der Waals surface area contributed by atoms with Gasteiger partial charge >= 0.3 is 0 Å². The lowest BCUT2D eigenvalue weighted by atomic mass is 9.97. The third-order valence-electron chi connectivity index (χ3n) is 4.61. The van der Waals surface area contributed by atoms with Crippen molar-refractivity contribution in [1.82, 2.24) is 15.2 Å². The molecule has 1 saturated heterocycles. The van der Waals surface area contributed by atoms with Crippen molar-refractivity contribution in [2.24, 2.45) is 5.92 Å². The van der Waals surface area contributed by atoms with E-state index in [2.05, 4.69) is 10.3 Å². The highest BCUT2D eigenvalue weighted by atomic mass is 35.5. The van der Waals surface area contributed by atoms with Crippen LogP contribution in [0.1, 0.15) is 25.2 Å². The number of carbonyl (C=O) groups excluding carboxylic acids is 1. The molecule has 134 valence electrons. The predicted octanol–water partition coefficient (Wildman–Crippen LogP) is 3.39. The van der Waals surface area contributed by atoms with Crippen molar-refractivity contribution in [3.05, 3.63) is 41.4 Å². The lowest BCUT2D eigenvalue weighted by Crippen LogP contribution is -2.42. The molecule has 0 radical (unpaired) electrons. The van der Waals surface area contributed by atoms with Crippen LogP contribution in [0, 0.1) is 5.92 Å². The van der Waals surface area contributed by atoms with E-state index >= 15 is 0 Å². The Morgan fingerprint density at radius 3 is 3.08 bits per heavy atom. The minimum absolute atomic E-state index is 0.179. The van der Waals surface area contributed by atoms with Gasteiger partial charge in [0.15, 0.2) is 11.7 Å². The normalized spacial score (nSPS) is 17.7. The average molecular weight is 362 g/mol. The van der Waals surface area contributed by atoms with E-state index in [1.165, 1.54) is 6.42 Å². The van der Waals surface area contributed by atoms with Gasteiger partial charge in [-0.1, -0.05) is 23.7 Å². The molecule has 0 bridgehead atoms. The molecule has 0 aliphatic carbocycles. The van der Waals surface area contributed by atoms with Crippen LogP contribution in [0.15, 0.2) is 34.9 Å². The number of oxazole rings is 1. The van der Waals surface area contributed by atoms with Gasteiger partial charge in [-0.3, -0.25) is 4.79 Å². The van der Waals surface area contributed by atoms with Gasteiger partial charge in [-0.05, 0) is 44.5 Å². The van der Waals surface area contributed by atoms with Gasteiger partial charge < -0.3 is 14.6 Å². The number of likely N-dealkylation sites (tertiary alicyclic amines) is 1. The molecule has 1 amide bonds. The van der Waals surface area contributed by atoms with Gasteiger partial charge in [0.1, 0.15) is 0 Å². The number of amides is 1. The van der Waals surface area contributed by atoms with Crippen molar-refractivity contribution in [1.29, 1.82) is 0 Å². The van der Waals surface area contributed by atoms with Crippen LogP contribution in [0.25, 0.3) is 11.3 Å². The van der Waals surface area contributed by atoms with E-state index < -0.39 is 0 Å². The summed E-state index contributed by atoms with van der Waals surface area (Å²) < 4.78 is 5.77. The third kappa shape index (κ3) is 4.61. The summed E-state index contributed by atoms with van der Waals surface area (Å²) in [6.07, 6.45) is 4.87. The van der Waals surface area contributed by atoms with Gasteiger partial charge in [0.25, 0.3) is 0 Å². The molecule has 2 heterocycles. The Balaban J connectivity index is 1.55. The molecule has 0 spiro atoms. The maximum atomic E-state index is 12.5. The summed E-state index contributed by atoms with van der Waals surface area (Å²) >= 11 is 6.18. The first-order valence-electron chi connectivity index (χ1n) is 8.79. The van der Waals surface area contributed by atoms with Crippen LogP contribution in [0.5, 0.6) is 0 Å². The Morgan fingerprint density at radius 1 is 1.44 bits per heavy atom. The highest BCUT2D eigenvalue weighted by Crippen LogP contribution is 2.28. The van der Waals surface area contributed by atoms with E-state index in [4.69, 9.17) is 16.0 Å². The van der Waals surface area contributed by atoms with Crippen molar-refractivity contribution in [3.63, 3.8) is 0 Å². The van der Waals surface area contributed by atoms with Crippen LogP contribution in [0.3, 0.4) is 0 Å². The van der Waals surface area contributed by atoms with Crippen molar-refractivity contribution in [2.75, 3.05) is 26.7 Å². The highest BCUT2D eigenvalue weighted by Gasteiger charge is 2.23. The van der Waals surface area contributed by atoms with Crippen molar-refractivity contribution in [2.45, 2.75) is 25.7 Å². The summed E-state index contributed by atoms with van der Waals surface area (Å²) in [5, 5.41) is 3.83. The molecule has 1 aliphatic heterocycles. The van der Waals surface area contributed by atoms with Gasteiger partial charge in [-0.2, -0.15) is 0 Å². The minimum Gasteiger partial charge on any atom is -0.441 e. The summed E-state index contributed by atoms with van der Waals surface area (Å²) in [7, 11) is 1.96. The molecule has 1 fully saturated rings. The second-order valence-corrected chi connectivity index (χ2v) is 6.91. The Hall–Kier alpha value is -1.85. The quantitative estimate of drug-likeness (QED) is 0.856. The zero-order valence-electron chi connectivity index (χ0n) is 14.5. The second kappa shape index (κ2) is 8.50. The Bertz CT molecular complexity index is 714. The number of hydrogen-bond donors (Lipinski definition) is 1. The second-order valence-electron chi connectivity index (χ2n) is 6.50. The summed E-state index contributed by atoms with van der Waals surface area (Å²) in [4.78, 5) is 18.7. The molecule has 1 aromatic carbocycles. The van der Waals surface area contributed by atoms with Crippen LogP contribution < -0.4 is 5.32 Å². The molecule has 3 rings (SSSR count). The predicted molar refractivity (Wildman–Crippen MR) is 98.5 cm³/mol. The monoisotopic (exact) mass is 361 g/mol. The average Bonchev–Trinajstić information content (AvgIpc) is 3.09. The maximum absolute atomic E-state index is 12.5. The first-order chi connectivity index (χ1) is 12.2. The number of hydrogen-bond acceptors (Lipinski definition) is 4. The fourth-order valence-corrected chi connectivity index (χ4v) is 3.56. The first kappa shape index (κ1) is 18.0. The summed E-state index contributed by atoms with van der Waals surface area (Å²) in [6.45, 7) is 2.66. The summed E-state index contributed by atoms with van der Waals surface area (Å²) in [6, 6.07) is 7.50. The van der Waals surface area contributed by atoms with E-state index in [0.29, 0.717) is 35.4 Å². The Kier molecular flexibility index (Phi) is 6.10. The zero-order valence-corrected chi connectivity index (χ0v) is 15.3. The number of halogens is 1. The topological polar surface area (TPSA) is 58.4 Å². The molecule has 1 aliphatic rings. The molecule has 25 heavy (non-hydrogen) atoms. The Morgan fingerprint density at radius 2 is 2.28 bits per heavy atom. The molecule has 1 aromatic heterocycles. The standard InChI is InChI=1S/C19H24ClN3O2/c1-21-11-14-5-4-10-23(13-14)19(24)9-8-18-22-12-17(25-18)15-6-2-3-7-16(15)20/h2-3,6-7,12,14,21H,4-5,8-11,13H2,1H3. The fourth-order valence-electron chi connectivity index (χ4n) is 3.33. The molecule has 1 atom stereocenters. The molecule has 2 aromatic rings. The van der Waals surface area contributed by atoms with E-state index in [9.17, 15) is 4.79 Å². The van der Waals surface area contributed by atoms with Gasteiger partial charge in [0, 0.05) is 31.5 Å². The van der Waals surface area contributed by atoms with Crippen molar-refractivity contribution in [3.8, 4) is 11.3 Å². The van der Waals surface area contributed by atoms with Gasteiger partial charge in [0.2, 0.25) is 5.91 Å². The van der Waals surface area contributed by atoms with Crippen LogP contribution >= 0.6 is 11.6 Å². The number of piperidine rings is 1. The van der Waals surface area contributed by atoms with Crippen LogP contribution in [0.4, 0.5) is 0 Å². The van der Waals surface area contributed by atoms with Crippen LogP contribution in [-0.4, -0.2) is 42.5 Å². The lowest BCUT2D eigenvalue weighted by Gasteiger charge is -2.32. The Labute approximate surface area is 153 Å². The number of rotatable bonds is 6. The van der Waals surface area contributed by atoms with Gasteiger partial charge in [-0.25, -0.2) is 4.98 Å². The number of aromatic nitrogens is 1. The number of nitrogens with one attached hydrogen (secondary N) is 1. The van der Waals surface area contributed by atoms with Crippen LogP contribution in [0.2, 0.25) is 5.02 Å². The van der Waals surface area contributed by atoms with Gasteiger partial charge in [-0.15, -0.1) is 0 Å². The maximum Gasteiger partial charge on any atom is 0.223 e. The summed E-state index contributed by atoms with van der Waals surface area (Å²) in [5.41, 5.74) is 0.820. The molecular formula is C19H24ClN3O2. The zero-order chi connectivity index (χ0) is 17.6. The van der Waals surface area contributed by atoms with Crippen molar-refractivity contribution < 1.29 is 9.21 Å². The molecule has 1 N–H and O–H groups in total. The largest absolute Gasteiger partial charge is 0.441 e. The van der Waals surface area contributed by atoms with Crippen molar-refractivity contribution >= 4 is 17.5 Å². The smallest absolute Gasteiger partial charge is 0.223 e. The number of nitrogens with zero attached hydrogens (tertiary/aromatic N) is 2. The molecule has 6 heteroatoms. The van der Waals surface area contributed by atoms with E-state index in [-0.39, 0.29) is 5.91 Å². The highest BCUT2D eigenvalue weighted by molar-refractivity contribution is 6.33. The SMILES string of the molecule is CNCC1CCCN(C(=O)CCc2ncc(-c3ccccc3Cl)o2)C1. The lowest BCUT2D eigenvalue weighted by molar-refractivity contribution is -0.133. The van der Waals surface area contributed by atoms with Crippen LogP contribution in [-0.2, 0) is 11.2 Å².